The first kappa shape index (κ1) is 11.3. The molecule has 0 radical (unpaired) electrons. The van der Waals surface area contributed by atoms with Crippen molar-refractivity contribution >= 4 is 16.0 Å². The number of rotatable bonds is 5. The fourth-order valence-electron chi connectivity index (χ4n) is 0.523. The molecule has 4 N–H and O–H groups in total. The molecule has 1 unspecified atom stereocenters. The van der Waals surface area contributed by atoms with Crippen LogP contribution < -0.4 is 10.5 Å². The van der Waals surface area contributed by atoms with Gasteiger partial charge < -0.3 is 10.8 Å². The Morgan fingerprint density at radius 3 is 2.50 bits per heavy atom. The van der Waals surface area contributed by atoms with Gasteiger partial charge in [0, 0.05) is 6.54 Å². The molecular weight excluding hydrogens is 184 g/mol. The molecule has 0 aromatic carbocycles. The van der Waals surface area contributed by atoms with Crippen molar-refractivity contribution in [3.8, 4) is 0 Å². The second-order valence-electron chi connectivity index (χ2n) is 2.40. The number of hydrogen-bond donors (Lipinski definition) is 3. The lowest BCUT2D eigenvalue weighted by molar-refractivity contribution is -0.138. The first-order valence-corrected chi connectivity index (χ1v) is 5.15. The number of aliphatic carboxylic acids is 1. The minimum absolute atomic E-state index is 0.0479. The third-order valence-electron chi connectivity index (χ3n) is 1.14. The van der Waals surface area contributed by atoms with Gasteiger partial charge in [-0.1, -0.05) is 0 Å². The zero-order valence-electron chi connectivity index (χ0n) is 6.65. The van der Waals surface area contributed by atoms with Crippen LogP contribution in [0.25, 0.3) is 0 Å². The molecule has 6 nitrogen and oxygen atoms in total. The molecule has 72 valence electrons. The van der Waals surface area contributed by atoms with E-state index in [2.05, 4.69) is 4.72 Å². The van der Waals surface area contributed by atoms with Crippen LogP contribution >= 0.6 is 0 Å². The van der Waals surface area contributed by atoms with Gasteiger partial charge in [0.1, 0.15) is 6.04 Å². The van der Waals surface area contributed by atoms with Crippen LogP contribution in [0.3, 0.4) is 0 Å². The van der Waals surface area contributed by atoms with Crippen LogP contribution in [0.2, 0.25) is 0 Å². The average molecular weight is 196 g/mol. The van der Waals surface area contributed by atoms with E-state index in [1.165, 1.54) is 0 Å². The van der Waals surface area contributed by atoms with Crippen molar-refractivity contribution in [3.63, 3.8) is 0 Å². The van der Waals surface area contributed by atoms with Gasteiger partial charge in [-0.2, -0.15) is 0 Å². The first-order valence-electron chi connectivity index (χ1n) is 3.26. The van der Waals surface area contributed by atoms with Crippen LogP contribution in [0, 0.1) is 0 Å². The van der Waals surface area contributed by atoms with Crippen molar-refractivity contribution in [2.75, 3.05) is 12.8 Å². The molecule has 0 bridgehead atoms. The number of hydrogen-bond acceptors (Lipinski definition) is 4. The molecule has 0 aromatic rings. The van der Waals surface area contributed by atoms with E-state index in [9.17, 15) is 13.2 Å². The van der Waals surface area contributed by atoms with Gasteiger partial charge in [-0.05, 0) is 6.42 Å². The number of sulfonamides is 1. The van der Waals surface area contributed by atoms with Gasteiger partial charge in [0.05, 0.1) is 6.26 Å². The van der Waals surface area contributed by atoms with Gasteiger partial charge in [0.2, 0.25) is 10.0 Å². The van der Waals surface area contributed by atoms with Crippen LogP contribution in [0.4, 0.5) is 0 Å². The maximum absolute atomic E-state index is 10.5. The number of nitrogens with two attached hydrogens (primary N) is 1. The van der Waals surface area contributed by atoms with Gasteiger partial charge in [0.15, 0.2) is 0 Å². The minimum Gasteiger partial charge on any atom is -0.480 e. The lowest BCUT2D eigenvalue weighted by Gasteiger charge is -2.05. The quantitative estimate of drug-likeness (QED) is 0.487. The number of nitrogens with one attached hydrogen (secondary N) is 1. The van der Waals surface area contributed by atoms with E-state index < -0.39 is 22.0 Å². The zero-order valence-corrected chi connectivity index (χ0v) is 7.47. The molecule has 0 fully saturated rings. The highest BCUT2D eigenvalue weighted by atomic mass is 32.2. The SMILES string of the molecule is CS(=O)(=O)NCCC(N)C(=O)O. The number of carboxylic acid groups (broad SMARTS) is 1. The van der Waals surface area contributed by atoms with E-state index in [4.69, 9.17) is 10.8 Å². The molecular formula is C5H12N2O4S. The Kier molecular flexibility index (Phi) is 4.15. The predicted octanol–water partition coefficient (Wildman–Crippen LogP) is -1.66. The van der Waals surface area contributed by atoms with Crippen LogP contribution in [0.5, 0.6) is 0 Å². The third-order valence-corrected chi connectivity index (χ3v) is 1.87. The topological polar surface area (TPSA) is 109 Å². The normalized spacial score (nSPS) is 14.2. The summed E-state index contributed by atoms with van der Waals surface area (Å²) in [5, 5.41) is 8.31. The average Bonchev–Trinajstić information content (AvgIpc) is 1.84. The van der Waals surface area contributed by atoms with Crippen molar-refractivity contribution in [3.05, 3.63) is 0 Å². The Hall–Kier alpha value is -0.660. The van der Waals surface area contributed by atoms with Crippen molar-refractivity contribution < 1.29 is 18.3 Å². The van der Waals surface area contributed by atoms with Gasteiger partial charge in [0.25, 0.3) is 0 Å². The van der Waals surface area contributed by atoms with Crippen LogP contribution in [-0.2, 0) is 14.8 Å². The summed E-state index contributed by atoms with van der Waals surface area (Å²) in [7, 11) is -3.24. The lowest BCUT2D eigenvalue weighted by Crippen LogP contribution is -2.35. The number of carbonyl (C=O) groups is 1. The van der Waals surface area contributed by atoms with E-state index in [0.29, 0.717) is 0 Å². The monoisotopic (exact) mass is 196 g/mol. The maximum atomic E-state index is 10.5. The maximum Gasteiger partial charge on any atom is 0.320 e. The highest BCUT2D eigenvalue weighted by Crippen LogP contribution is 1.86. The summed E-state index contributed by atoms with van der Waals surface area (Å²) in [4.78, 5) is 10.2. The molecule has 0 spiro atoms. The summed E-state index contributed by atoms with van der Waals surface area (Å²) in [5.74, 6) is -1.13. The largest absolute Gasteiger partial charge is 0.480 e. The van der Waals surface area contributed by atoms with Crippen molar-refractivity contribution in [1.29, 1.82) is 0 Å². The Balaban J connectivity index is 3.65. The molecule has 0 saturated heterocycles. The minimum atomic E-state index is -3.24. The van der Waals surface area contributed by atoms with Crippen molar-refractivity contribution in [1.82, 2.24) is 4.72 Å². The molecule has 1 atom stereocenters. The highest BCUT2D eigenvalue weighted by molar-refractivity contribution is 7.88. The molecule has 0 aliphatic heterocycles. The molecule has 0 amide bonds. The Bertz CT molecular complexity index is 248. The fraction of sp³-hybridized carbons (Fsp3) is 0.800. The fourth-order valence-corrected chi connectivity index (χ4v) is 1.01. The smallest absolute Gasteiger partial charge is 0.320 e. The lowest BCUT2D eigenvalue weighted by atomic mass is 10.2. The number of carboxylic acids is 1. The summed E-state index contributed by atoms with van der Waals surface area (Å²) < 4.78 is 23.1. The summed E-state index contributed by atoms with van der Waals surface area (Å²) in [6, 6.07) is -1.01. The summed E-state index contributed by atoms with van der Waals surface area (Å²) in [5.41, 5.74) is 5.11. The van der Waals surface area contributed by atoms with Gasteiger partial charge >= 0.3 is 5.97 Å². The van der Waals surface area contributed by atoms with E-state index in [1.54, 1.807) is 0 Å². The molecule has 12 heavy (non-hydrogen) atoms. The van der Waals surface area contributed by atoms with E-state index >= 15 is 0 Å². The van der Waals surface area contributed by atoms with E-state index in [1.807, 2.05) is 0 Å². The molecule has 0 heterocycles. The predicted molar refractivity (Wildman–Crippen MR) is 43.1 cm³/mol. The van der Waals surface area contributed by atoms with Crippen LogP contribution in [0.15, 0.2) is 0 Å². The third kappa shape index (κ3) is 6.08. The standard InChI is InChI=1S/C5H12N2O4S/c1-12(10,11)7-3-2-4(6)5(8)9/h4,7H,2-3,6H2,1H3,(H,8,9). The Morgan fingerprint density at radius 2 is 2.17 bits per heavy atom. The first-order chi connectivity index (χ1) is 5.33. The summed E-state index contributed by atoms with van der Waals surface area (Å²) in [6.45, 7) is 0.0479. The van der Waals surface area contributed by atoms with E-state index in [0.717, 1.165) is 6.26 Å². The van der Waals surface area contributed by atoms with Gasteiger partial charge in [-0.25, -0.2) is 13.1 Å². The summed E-state index contributed by atoms with van der Waals surface area (Å²) >= 11 is 0. The van der Waals surface area contributed by atoms with Crippen molar-refractivity contribution in [2.45, 2.75) is 12.5 Å². The van der Waals surface area contributed by atoms with Crippen molar-refractivity contribution in [2.24, 2.45) is 5.73 Å². The van der Waals surface area contributed by atoms with Gasteiger partial charge in [-0.15, -0.1) is 0 Å². The van der Waals surface area contributed by atoms with Crippen LogP contribution in [0.1, 0.15) is 6.42 Å². The molecule has 0 rings (SSSR count). The Morgan fingerprint density at radius 1 is 1.67 bits per heavy atom. The molecule has 0 aliphatic carbocycles. The molecule has 7 heteroatoms. The van der Waals surface area contributed by atoms with Gasteiger partial charge in [-0.3, -0.25) is 4.79 Å². The molecule has 0 saturated carbocycles. The molecule has 0 aliphatic rings. The second-order valence-corrected chi connectivity index (χ2v) is 4.23. The van der Waals surface area contributed by atoms with E-state index in [-0.39, 0.29) is 13.0 Å². The Labute approximate surface area is 70.8 Å². The highest BCUT2D eigenvalue weighted by Gasteiger charge is 2.11. The molecule has 0 aromatic heterocycles. The summed E-state index contributed by atoms with van der Waals surface area (Å²) in [6.07, 6.45) is 1.09. The van der Waals surface area contributed by atoms with Crippen LogP contribution in [-0.4, -0.2) is 38.3 Å². The zero-order chi connectivity index (χ0) is 9.78. The second kappa shape index (κ2) is 4.39.